The number of carbonyl (C=O) groups is 2. The second-order valence-corrected chi connectivity index (χ2v) is 5.78. The summed E-state index contributed by atoms with van der Waals surface area (Å²) in [4.78, 5) is 23.2. The van der Waals surface area contributed by atoms with Crippen LogP contribution in [0.2, 0.25) is 5.02 Å². The number of methoxy groups -OCH3 is 1. The van der Waals surface area contributed by atoms with Crippen molar-refractivity contribution >= 4 is 34.4 Å². The monoisotopic (exact) mass is 337 g/mol. The molecule has 0 aliphatic rings. The van der Waals surface area contributed by atoms with Crippen molar-refractivity contribution in [2.75, 3.05) is 13.7 Å². The van der Waals surface area contributed by atoms with Crippen LogP contribution in [0.1, 0.15) is 41.8 Å². The largest absolute Gasteiger partial charge is 0.469 e. The lowest BCUT2D eigenvalue weighted by Crippen LogP contribution is -2.24. The van der Waals surface area contributed by atoms with Gasteiger partial charge in [-0.05, 0) is 38.0 Å². The van der Waals surface area contributed by atoms with Crippen molar-refractivity contribution in [3.05, 3.63) is 34.5 Å². The van der Waals surface area contributed by atoms with E-state index in [2.05, 4.69) is 10.1 Å². The minimum atomic E-state index is -0.234. The van der Waals surface area contributed by atoms with Crippen LogP contribution in [0.5, 0.6) is 0 Å². The molecular weight excluding hydrogens is 318 g/mol. The van der Waals surface area contributed by atoms with Gasteiger partial charge in [0, 0.05) is 28.9 Å². The molecule has 0 bridgehead atoms. The highest BCUT2D eigenvalue weighted by atomic mass is 35.5. The summed E-state index contributed by atoms with van der Waals surface area (Å²) in [5, 5.41) is 4.29. The Labute approximate surface area is 139 Å². The molecule has 6 heteroatoms. The molecule has 2 aromatic rings. The average Bonchev–Trinajstić information content (AvgIpc) is 2.87. The Morgan fingerprint density at radius 1 is 1.26 bits per heavy atom. The number of halogens is 1. The summed E-state index contributed by atoms with van der Waals surface area (Å²) in [7, 11) is 1.38. The zero-order chi connectivity index (χ0) is 16.8. The standard InChI is InChI=1S/C17H20ClNO4/c1-11-13-10-12(18)7-8-14(13)23-16(11)17(21)19-9-5-3-4-6-15(20)22-2/h7-8,10H,3-6,9H2,1-2H3,(H,19,21). The van der Waals surface area contributed by atoms with E-state index in [9.17, 15) is 9.59 Å². The molecule has 1 N–H and O–H groups in total. The van der Waals surface area contributed by atoms with E-state index in [4.69, 9.17) is 16.0 Å². The number of carbonyl (C=O) groups excluding carboxylic acids is 2. The van der Waals surface area contributed by atoms with Crippen molar-refractivity contribution in [1.82, 2.24) is 5.32 Å². The van der Waals surface area contributed by atoms with Crippen LogP contribution in [0.25, 0.3) is 11.0 Å². The first-order valence-corrected chi connectivity index (χ1v) is 7.94. The molecule has 0 spiro atoms. The molecule has 1 aromatic carbocycles. The molecule has 0 saturated heterocycles. The van der Waals surface area contributed by atoms with E-state index in [0.717, 1.165) is 30.2 Å². The van der Waals surface area contributed by atoms with Gasteiger partial charge in [0.2, 0.25) is 0 Å². The SMILES string of the molecule is COC(=O)CCCCCNC(=O)c1oc2ccc(Cl)cc2c1C. The van der Waals surface area contributed by atoms with E-state index in [1.54, 1.807) is 18.2 Å². The van der Waals surface area contributed by atoms with E-state index in [-0.39, 0.29) is 11.9 Å². The minimum absolute atomic E-state index is 0.203. The minimum Gasteiger partial charge on any atom is -0.469 e. The van der Waals surface area contributed by atoms with E-state index in [0.29, 0.717) is 29.3 Å². The predicted octanol–water partition coefficient (Wildman–Crippen LogP) is 3.86. The summed E-state index contributed by atoms with van der Waals surface area (Å²) in [6.45, 7) is 2.38. The van der Waals surface area contributed by atoms with Crippen LogP contribution in [-0.4, -0.2) is 25.5 Å². The molecule has 0 saturated carbocycles. The van der Waals surface area contributed by atoms with Gasteiger partial charge in [0.1, 0.15) is 5.58 Å². The van der Waals surface area contributed by atoms with Gasteiger partial charge in [-0.1, -0.05) is 18.0 Å². The lowest BCUT2D eigenvalue weighted by Gasteiger charge is -2.04. The van der Waals surface area contributed by atoms with Gasteiger partial charge >= 0.3 is 5.97 Å². The lowest BCUT2D eigenvalue weighted by atomic mass is 10.1. The van der Waals surface area contributed by atoms with Crippen LogP contribution in [0, 0.1) is 6.92 Å². The number of furan rings is 1. The second kappa shape index (κ2) is 8.02. The van der Waals surface area contributed by atoms with Gasteiger partial charge in [-0.25, -0.2) is 0 Å². The second-order valence-electron chi connectivity index (χ2n) is 5.34. The maximum absolute atomic E-state index is 12.2. The Hall–Kier alpha value is -2.01. The first-order chi connectivity index (χ1) is 11.0. The fourth-order valence-electron chi connectivity index (χ4n) is 2.37. The summed E-state index contributed by atoms with van der Waals surface area (Å²) in [5.41, 5.74) is 1.43. The number of ether oxygens (including phenoxy) is 1. The number of amides is 1. The van der Waals surface area contributed by atoms with Gasteiger partial charge in [0.25, 0.3) is 5.91 Å². The highest BCUT2D eigenvalue weighted by Gasteiger charge is 2.17. The van der Waals surface area contributed by atoms with Gasteiger partial charge < -0.3 is 14.5 Å². The fourth-order valence-corrected chi connectivity index (χ4v) is 2.54. The van der Waals surface area contributed by atoms with Crippen molar-refractivity contribution in [3.63, 3.8) is 0 Å². The van der Waals surface area contributed by atoms with Crippen molar-refractivity contribution in [2.24, 2.45) is 0 Å². The number of hydrogen-bond acceptors (Lipinski definition) is 4. The summed E-state index contributed by atoms with van der Waals surface area (Å²) in [5.74, 6) is -0.120. The van der Waals surface area contributed by atoms with Gasteiger partial charge in [0.15, 0.2) is 5.76 Å². The first kappa shape index (κ1) is 17.3. The number of rotatable bonds is 7. The Balaban J connectivity index is 1.84. The molecular formula is C17H20ClNO4. The summed E-state index contributed by atoms with van der Waals surface area (Å²) < 4.78 is 10.2. The lowest BCUT2D eigenvalue weighted by molar-refractivity contribution is -0.140. The highest BCUT2D eigenvalue weighted by Crippen LogP contribution is 2.27. The predicted molar refractivity (Wildman–Crippen MR) is 88.8 cm³/mol. The molecule has 0 aliphatic carbocycles. The molecule has 0 aliphatic heterocycles. The number of unbranched alkanes of at least 4 members (excludes halogenated alkanes) is 2. The summed E-state index contributed by atoms with van der Waals surface area (Å²) >= 11 is 5.97. The zero-order valence-corrected chi connectivity index (χ0v) is 14.0. The average molecular weight is 338 g/mol. The third kappa shape index (κ3) is 4.48. The third-order valence-electron chi connectivity index (χ3n) is 3.68. The highest BCUT2D eigenvalue weighted by molar-refractivity contribution is 6.31. The van der Waals surface area contributed by atoms with Crippen molar-refractivity contribution in [1.29, 1.82) is 0 Å². The third-order valence-corrected chi connectivity index (χ3v) is 3.91. The molecule has 1 aromatic heterocycles. The summed E-state index contributed by atoms with van der Waals surface area (Å²) in [6, 6.07) is 5.28. The topological polar surface area (TPSA) is 68.5 Å². The Kier molecular flexibility index (Phi) is 6.04. The van der Waals surface area contributed by atoms with Crippen molar-refractivity contribution in [2.45, 2.75) is 32.6 Å². The van der Waals surface area contributed by atoms with Crippen LogP contribution in [0.15, 0.2) is 22.6 Å². The van der Waals surface area contributed by atoms with Gasteiger partial charge in [-0.2, -0.15) is 0 Å². The van der Waals surface area contributed by atoms with Gasteiger partial charge in [-0.3, -0.25) is 9.59 Å². The molecule has 0 unspecified atom stereocenters. The molecule has 0 fully saturated rings. The normalized spacial score (nSPS) is 10.7. The van der Waals surface area contributed by atoms with E-state index >= 15 is 0 Å². The summed E-state index contributed by atoms with van der Waals surface area (Å²) in [6.07, 6.45) is 2.82. The number of nitrogens with one attached hydrogen (secondary N) is 1. The van der Waals surface area contributed by atoms with Gasteiger partial charge in [-0.15, -0.1) is 0 Å². The number of aryl methyl sites for hydroxylation is 1. The number of esters is 1. The Morgan fingerprint density at radius 3 is 2.78 bits per heavy atom. The Morgan fingerprint density at radius 2 is 2.04 bits per heavy atom. The van der Waals surface area contributed by atoms with E-state index in [1.165, 1.54) is 7.11 Å². The van der Waals surface area contributed by atoms with Crippen molar-refractivity contribution in [3.8, 4) is 0 Å². The Bertz CT molecular complexity index is 708. The van der Waals surface area contributed by atoms with Crippen LogP contribution < -0.4 is 5.32 Å². The molecule has 0 radical (unpaired) electrons. The first-order valence-electron chi connectivity index (χ1n) is 7.56. The molecule has 0 atom stereocenters. The number of hydrogen-bond donors (Lipinski definition) is 1. The van der Waals surface area contributed by atoms with Crippen LogP contribution in [-0.2, 0) is 9.53 Å². The fraction of sp³-hybridized carbons (Fsp3) is 0.412. The maximum atomic E-state index is 12.2. The molecule has 2 rings (SSSR count). The number of fused-ring (bicyclic) bond motifs is 1. The molecule has 1 amide bonds. The molecule has 1 heterocycles. The molecule has 5 nitrogen and oxygen atoms in total. The van der Waals surface area contributed by atoms with E-state index in [1.807, 2.05) is 6.92 Å². The van der Waals surface area contributed by atoms with Crippen LogP contribution in [0.3, 0.4) is 0 Å². The van der Waals surface area contributed by atoms with Crippen molar-refractivity contribution < 1.29 is 18.7 Å². The quantitative estimate of drug-likeness (QED) is 0.615. The smallest absolute Gasteiger partial charge is 0.305 e. The van der Waals surface area contributed by atoms with Gasteiger partial charge in [0.05, 0.1) is 7.11 Å². The molecule has 23 heavy (non-hydrogen) atoms. The zero-order valence-electron chi connectivity index (χ0n) is 13.3. The number of benzene rings is 1. The van der Waals surface area contributed by atoms with Crippen LogP contribution in [0.4, 0.5) is 0 Å². The maximum Gasteiger partial charge on any atom is 0.305 e. The van der Waals surface area contributed by atoms with Crippen LogP contribution >= 0.6 is 11.6 Å². The molecule has 124 valence electrons. The van der Waals surface area contributed by atoms with E-state index < -0.39 is 0 Å².